The highest BCUT2D eigenvalue weighted by molar-refractivity contribution is 6.33. The number of fused-ring (bicyclic) bond motifs is 1. The molecule has 168 valence electrons. The molecule has 1 aliphatic heterocycles. The lowest BCUT2D eigenvalue weighted by Gasteiger charge is -2.14. The maximum absolute atomic E-state index is 13.3. The first-order valence-electron chi connectivity index (χ1n) is 10.3. The molecule has 9 heteroatoms. The molecule has 1 aliphatic rings. The molecule has 0 spiro atoms. The molecule has 0 saturated heterocycles. The Morgan fingerprint density at radius 3 is 2.53 bits per heavy atom. The van der Waals surface area contributed by atoms with Crippen LogP contribution in [0.5, 0.6) is 5.88 Å². The number of aromatic hydroxyl groups is 1. The molecule has 5 rings (SSSR count). The van der Waals surface area contributed by atoms with Gasteiger partial charge in [0.1, 0.15) is 5.56 Å². The van der Waals surface area contributed by atoms with E-state index in [4.69, 9.17) is 11.6 Å². The summed E-state index contributed by atoms with van der Waals surface area (Å²) < 4.78 is 0.911. The minimum Gasteiger partial charge on any atom is -0.494 e. The number of hydrogen-bond acceptors (Lipinski definition) is 5. The van der Waals surface area contributed by atoms with Gasteiger partial charge in [0.05, 0.1) is 22.7 Å². The van der Waals surface area contributed by atoms with Crippen LogP contribution in [0.15, 0.2) is 87.0 Å². The van der Waals surface area contributed by atoms with Crippen molar-refractivity contribution in [1.82, 2.24) is 9.55 Å². The van der Waals surface area contributed by atoms with Crippen molar-refractivity contribution in [2.45, 2.75) is 6.92 Å². The van der Waals surface area contributed by atoms with Gasteiger partial charge < -0.3 is 5.11 Å². The number of H-pyrrole nitrogens is 1. The fourth-order valence-corrected chi connectivity index (χ4v) is 4.09. The zero-order valence-electron chi connectivity index (χ0n) is 17.8. The van der Waals surface area contributed by atoms with Crippen molar-refractivity contribution < 1.29 is 9.90 Å². The summed E-state index contributed by atoms with van der Waals surface area (Å²) in [6, 6.07) is 19.4. The first kappa shape index (κ1) is 21.4. The SMILES string of the molecule is CC1=NN(c2cccc3ccccc23)C(=O)/C1=C/c1c(O)n(-c2cccc(Cl)c2)c(=O)[nH]c1=O. The van der Waals surface area contributed by atoms with E-state index in [9.17, 15) is 19.5 Å². The number of rotatable bonds is 3. The highest BCUT2D eigenvalue weighted by atomic mass is 35.5. The topological polar surface area (TPSA) is 108 Å². The van der Waals surface area contributed by atoms with Gasteiger partial charge in [-0.15, -0.1) is 0 Å². The van der Waals surface area contributed by atoms with E-state index in [1.54, 1.807) is 31.2 Å². The summed E-state index contributed by atoms with van der Waals surface area (Å²) in [6.07, 6.45) is 1.24. The van der Waals surface area contributed by atoms with Gasteiger partial charge in [0, 0.05) is 10.4 Å². The molecule has 0 saturated carbocycles. The van der Waals surface area contributed by atoms with Crippen molar-refractivity contribution in [3.8, 4) is 11.6 Å². The molecule has 0 atom stereocenters. The summed E-state index contributed by atoms with van der Waals surface area (Å²) in [6.45, 7) is 1.63. The summed E-state index contributed by atoms with van der Waals surface area (Å²) in [4.78, 5) is 40.5. The van der Waals surface area contributed by atoms with Gasteiger partial charge in [0.2, 0.25) is 5.88 Å². The lowest BCUT2D eigenvalue weighted by atomic mass is 10.1. The first-order chi connectivity index (χ1) is 16.3. The Morgan fingerprint density at radius 2 is 1.74 bits per heavy atom. The smallest absolute Gasteiger partial charge is 0.335 e. The molecule has 0 fully saturated rings. The van der Waals surface area contributed by atoms with Crippen LogP contribution in [0.25, 0.3) is 22.5 Å². The third kappa shape index (κ3) is 3.50. The average Bonchev–Trinajstić information content (AvgIpc) is 3.09. The molecule has 3 aromatic carbocycles. The zero-order valence-corrected chi connectivity index (χ0v) is 18.6. The Labute approximate surface area is 197 Å². The molecular formula is C25H17ClN4O4. The molecule has 0 aliphatic carbocycles. The molecule has 8 nitrogen and oxygen atoms in total. The van der Waals surface area contributed by atoms with E-state index in [-0.39, 0.29) is 16.8 Å². The minimum absolute atomic E-state index is 0.116. The number of carbonyl (C=O) groups excluding carboxylic acids is 1. The molecule has 2 heterocycles. The second kappa shape index (κ2) is 8.17. The Hall–Kier alpha value is -4.43. The van der Waals surface area contributed by atoms with Crippen LogP contribution in [0, 0.1) is 0 Å². The van der Waals surface area contributed by atoms with Crippen molar-refractivity contribution in [1.29, 1.82) is 0 Å². The van der Waals surface area contributed by atoms with Crippen LogP contribution >= 0.6 is 11.6 Å². The maximum atomic E-state index is 13.3. The number of aromatic amines is 1. The fourth-order valence-electron chi connectivity index (χ4n) is 3.91. The third-order valence-electron chi connectivity index (χ3n) is 5.53. The number of hydrazone groups is 1. The largest absolute Gasteiger partial charge is 0.494 e. The Balaban J connectivity index is 1.63. The second-order valence-electron chi connectivity index (χ2n) is 7.67. The van der Waals surface area contributed by atoms with Crippen LogP contribution in [0.3, 0.4) is 0 Å². The number of benzene rings is 3. The van der Waals surface area contributed by atoms with Gasteiger partial charge in [0.25, 0.3) is 11.5 Å². The van der Waals surface area contributed by atoms with E-state index >= 15 is 0 Å². The van der Waals surface area contributed by atoms with Crippen LogP contribution < -0.4 is 16.3 Å². The number of nitrogens with one attached hydrogen (secondary N) is 1. The number of halogens is 1. The monoisotopic (exact) mass is 472 g/mol. The quantitative estimate of drug-likeness (QED) is 0.441. The predicted octanol–water partition coefficient (Wildman–Crippen LogP) is 3.84. The molecule has 0 unspecified atom stereocenters. The van der Waals surface area contributed by atoms with Crippen molar-refractivity contribution in [3.05, 3.63) is 104 Å². The summed E-state index contributed by atoms with van der Waals surface area (Å²) >= 11 is 6.02. The van der Waals surface area contributed by atoms with Crippen LogP contribution in [-0.2, 0) is 4.79 Å². The molecule has 0 bridgehead atoms. The summed E-state index contributed by atoms with van der Waals surface area (Å²) in [5, 5.41) is 18.6. The van der Waals surface area contributed by atoms with E-state index in [1.165, 1.54) is 17.2 Å². The van der Waals surface area contributed by atoms with Gasteiger partial charge >= 0.3 is 5.69 Å². The number of anilines is 1. The number of hydrogen-bond donors (Lipinski definition) is 2. The normalized spacial score (nSPS) is 14.8. The second-order valence-corrected chi connectivity index (χ2v) is 8.11. The van der Waals surface area contributed by atoms with Crippen LogP contribution in [0.4, 0.5) is 5.69 Å². The minimum atomic E-state index is -0.840. The Kier molecular flexibility index (Phi) is 5.14. The van der Waals surface area contributed by atoms with Crippen molar-refractivity contribution >= 4 is 45.8 Å². The third-order valence-corrected chi connectivity index (χ3v) is 5.77. The molecule has 4 aromatic rings. The maximum Gasteiger partial charge on any atom is 0.335 e. The van der Waals surface area contributed by atoms with Gasteiger partial charge in [0.15, 0.2) is 0 Å². The standard InChI is InChI=1S/C25H17ClN4O4/c1-14-19(24(33)30(28-14)21-11-4-7-15-6-2-3-10-18(15)21)13-20-22(31)27-25(34)29(23(20)32)17-9-5-8-16(26)12-17/h2-13,32H,1H3,(H,27,31,34)/b19-13+. The average molecular weight is 473 g/mol. The number of nitrogens with zero attached hydrogens (tertiary/aromatic N) is 3. The van der Waals surface area contributed by atoms with Gasteiger partial charge in [-0.05, 0) is 42.7 Å². The Morgan fingerprint density at radius 1 is 1.00 bits per heavy atom. The van der Waals surface area contributed by atoms with E-state index in [1.807, 2.05) is 36.4 Å². The highest BCUT2D eigenvalue weighted by Crippen LogP contribution is 2.32. The summed E-state index contributed by atoms with van der Waals surface area (Å²) in [5.41, 5.74) is -0.608. The molecular weight excluding hydrogens is 456 g/mol. The molecule has 0 radical (unpaired) electrons. The lowest BCUT2D eigenvalue weighted by molar-refractivity contribution is -0.114. The molecule has 34 heavy (non-hydrogen) atoms. The van der Waals surface area contributed by atoms with E-state index in [2.05, 4.69) is 10.1 Å². The van der Waals surface area contributed by atoms with Crippen LogP contribution in [-0.4, -0.2) is 26.3 Å². The highest BCUT2D eigenvalue weighted by Gasteiger charge is 2.30. The van der Waals surface area contributed by atoms with Crippen LogP contribution in [0.1, 0.15) is 12.5 Å². The Bertz CT molecular complexity index is 1660. The van der Waals surface area contributed by atoms with Gasteiger partial charge in [-0.1, -0.05) is 54.1 Å². The van der Waals surface area contributed by atoms with Crippen LogP contribution in [0.2, 0.25) is 5.02 Å². The molecule has 1 amide bonds. The number of aromatic nitrogens is 2. The number of carbonyl (C=O) groups is 1. The first-order valence-corrected chi connectivity index (χ1v) is 10.7. The molecule has 2 N–H and O–H groups in total. The van der Waals surface area contributed by atoms with E-state index in [0.717, 1.165) is 15.3 Å². The fraction of sp³-hybridized carbons (Fsp3) is 0.0400. The van der Waals surface area contributed by atoms with Gasteiger partial charge in [-0.25, -0.2) is 9.36 Å². The summed E-state index contributed by atoms with van der Waals surface area (Å²) in [7, 11) is 0. The van der Waals surface area contributed by atoms with Crippen molar-refractivity contribution in [2.75, 3.05) is 5.01 Å². The zero-order chi connectivity index (χ0) is 24.0. The van der Waals surface area contributed by atoms with Gasteiger partial charge in [-0.2, -0.15) is 10.1 Å². The van der Waals surface area contributed by atoms with E-state index < -0.39 is 23.0 Å². The summed E-state index contributed by atoms with van der Waals surface area (Å²) in [5.74, 6) is -1.08. The van der Waals surface area contributed by atoms with Crippen molar-refractivity contribution in [2.24, 2.45) is 5.10 Å². The van der Waals surface area contributed by atoms with E-state index in [0.29, 0.717) is 16.4 Å². The number of amides is 1. The van der Waals surface area contributed by atoms with Crippen molar-refractivity contribution in [3.63, 3.8) is 0 Å². The molecule has 1 aromatic heterocycles. The lowest BCUT2D eigenvalue weighted by Crippen LogP contribution is -2.30. The predicted molar refractivity (Wildman–Crippen MR) is 132 cm³/mol. The van der Waals surface area contributed by atoms with Gasteiger partial charge in [-0.3, -0.25) is 14.6 Å².